The molecule has 0 bridgehead atoms. The van der Waals surface area contributed by atoms with Gasteiger partial charge in [-0.1, -0.05) is 13.8 Å². The smallest absolute Gasteiger partial charge is 0.111 e. The van der Waals surface area contributed by atoms with Crippen LogP contribution in [0.2, 0.25) is 0 Å². The number of hydrogen-bond donors (Lipinski definition) is 2. The summed E-state index contributed by atoms with van der Waals surface area (Å²) >= 11 is 0. The van der Waals surface area contributed by atoms with Gasteiger partial charge >= 0.3 is 0 Å². The Morgan fingerprint density at radius 2 is 2.19 bits per heavy atom. The molecule has 0 saturated carbocycles. The fourth-order valence-electron chi connectivity index (χ4n) is 1.60. The number of aromatic nitrogens is 2. The van der Waals surface area contributed by atoms with Crippen LogP contribution in [-0.2, 0) is 13.0 Å². The zero-order valence-electron chi connectivity index (χ0n) is 10.3. The number of hydrogen-bond acceptors (Lipinski definition) is 3. The quantitative estimate of drug-likeness (QED) is 0.770. The minimum atomic E-state index is -1.04. The largest absolute Gasteiger partial charge is 0.390 e. The number of aliphatic hydroxyl groups excluding tert-OH is 1. The summed E-state index contributed by atoms with van der Waals surface area (Å²) in [7, 11) is 0. The number of aliphatic hydroxyl groups is 2. The van der Waals surface area contributed by atoms with Crippen LogP contribution in [0.25, 0.3) is 0 Å². The van der Waals surface area contributed by atoms with Crippen molar-refractivity contribution >= 4 is 0 Å². The van der Waals surface area contributed by atoms with E-state index in [-0.39, 0.29) is 0 Å². The molecule has 2 N–H and O–H groups in total. The Morgan fingerprint density at radius 1 is 1.50 bits per heavy atom. The van der Waals surface area contributed by atoms with Crippen LogP contribution in [0.3, 0.4) is 0 Å². The van der Waals surface area contributed by atoms with Gasteiger partial charge < -0.3 is 14.8 Å². The molecule has 0 aliphatic heterocycles. The molecule has 4 nitrogen and oxygen atoms in total. The summed E-state index contributed by atoms with van der Waals surface area (Å²) in [4.78, 5) is 4.21. The van der Waals surface area contributed by atoms with Crippen molar-refractivity contribution in [3.8, 4) is 0 Å². The van der Waals surface area contributed by atoms with Gasteiger partial charge in [-0.2, -0.15) is 0 Å². The van der Waals surface area contributed by atoms with Gasteiger partial charge in [0.15, 0.2) is 0 Å². The molecule has 2 unspecified atom stereocenters. The molecule has 0 aromatic carbocycles. The molecule has 0 spiro atoms. The highest BCUT2D eigenvalue weighted by Crippen LogP contribution is 2.17. The third kappa shape index (κ3) is 3.06. The fourth-order valence-corrected chi connectivity index (χ4v) is 1.60. The van der Waals surface area contributed by atoms with E-state index in [9.17, 15) is 10.2 Å². The first-order valence-corrected chi connectivity index (χ1v) is 5.91. The van der Waals surface area contributed by atoms with Gasteiger partial charge in [-0.3, -0.25) is 0 Å². The van der Waals surface area contributed by atoms with E-state index >= 15 is 0 Å². The molecule has 16 heavy (non-hydrogen) atoms. The molecular weight excluding hydrogens is 204 g/mol. The van der Waals surface area contributed by atoms with Crippen molar-refractivity contribution in [2.24, 2.45) is 0 Å². The zero-order valence-corrected chi connectivity index (χ0v) is 10.3. The topological polar surface area (TPSA) is 58.3 Å². The highest BCUT2D eigenvalue weighted by atomic mass is 16.3. The van der Waals surface area contributed by atoms with Gasteiger partial charge in [-0.05, 0) is 19.8 Å². The minimum absolute atomic E-state index is 0.397. The van der Waals surface area contributed by atoms with Gasteiger partial charge in [0, 0.05) is 25.4 Å². The summed E-state index contributed by atoms with van der Waals surface area (Å²) in [6, 6.07) is 0. The van der Waals surface area contributed by atoms with Crippen molar-refractivity contribution in [1.82, 2.24) is 9.55 Å². The molecule has 1 aromatic heterocycles. The zero-order chi connectivity index (χ0) is 12.2. The molecule has 0 amide bonds. The van der Waals surface area contributed by atoms with Crippen LogP contribution in [0.1, 0.15) is 39.4 Å². The second kappa shape index (κ2) is 5.46. The lowest BCUT2D eigenvalue weighted by Crippen LogP contribution is -2.40. The first-order chi connectivity index (χ1) is 7.51. The summed E-state index contributed by atoms with van der Waals surface area (Å²) in [5.41, 5.74) is -1.04. The molecule has 2 atom stereocenters. The molecule has 1 heterocycles. The van der Waals surface area contributed by atoms with Crippen LogP contribution < -0.4 is 0 Å². The van der Waals surface area contributed by atoms with Crippen LogP contribution in [0.5, 0.6) is 0 Å². The third-order valence-corrected chi connectivity index (χ3v) is 3.08. The lowest BCUT2D eigenvalue weighted by atomic mass is 9.93. The number of aryl methyl sites for hydroxylation is 1. The lowest BCUT2D eigenvalue weighted by molar-refractivity contribution is -0.0640. The molecule has 4 heteroatoms. The molecule has 0 fully saturated rings. The number of nitrogens with zero attached hydrogens (tertiary/aromatic N) is 2. The molecular formula is C12H22N2O2. The van der Waals surface area contributed by atoms with Crippen molar-refractivity contribution in [2.75, 3.05) is 0 Å². The van der Waals surface area contributed by atoms with Crippen LogP contribution in [0, 0.1) is 0 Å². The minimum Gasteiger partial charge on any atom is -0.390 e. The highest BCUT2D eigenvalue weighted by molar-refractivity contribution is 4.97. The average Bonchev–Trinajstić information content (AvgIpc) is 2.66. The maximum Gasteiger partial charge on any atom is 0.111 e. The van der Waals surface area contributed by atoms with Gasteiger partial charge in [-0.15, -0.1) is 0 Å². The SMILES string of the molecule is CCCn1ccnc1CC(O)C(C)(O)CC. The van der Waals surface area contributed by atoms with Gasteiger partial charge in [0.05, 0.1) is 11.7 Å². The van der Waals surface area contributed by atoms with E-state index in [1.807, 2.05) is 17.7 Å². The Bertz CT molecular complexity index is 321. The van der Waals surface area contributed by atoms with E-state index in [0.29, 0.717) is 12.8 Å². The highest BCUT2D eigenvalue weighted by Gasteiger charge is 2.29. The average molecular weight is 226 g/mol. The second-order valence-electron chi connectivity index (χ2n) is 4.47. The van der Waals surface area contributed by atoms with Crippen LogP contribution in [-0.4, -0.2) is 31.5 Å². The molecule has 0 aliphatic carbocycles. The first kappa shape index (κ1) is 13.2. The van der Waals surface area contributed by atoms with Crippen molar-refractivity contribution in [1.29, 1.82) is 0 Å². The van der Waals surface area contributed by atoms with Gasteiger partial charge in [-0.25, -0.2) is 4.98 Å². The van der Waals surface area contributed by atoms with Crippen molar-refractivity contribution in [2.45, 2.75) is 58.3 Å². The van der Waals surface area contributed by atoms with E-state index in [2.05, 4.69) is 11.9 Å². The summed E-state index contributed by atoms with van der Waals surface area (Å²) < 4.78 is 2.02. The van der Waals surface area contributed by atoms with E-state index in [0.717, 1.165) is 18.8 Å². The Balaban J connectivity index is 2.69. The van der Waals surface area contributed by atoms with Gasteiger partial charge in [0.25, 0.3) is 0 Å². The van der Waals surface area contributed by atoms with Crippen LogP contribution >= 0.6 is 0 Å². The monoisotopic (exact) mass is 226 g/mol. The molecule has 0 saturated heterocycles. The summed E-state index contributed by atoms with van der Waals surface area (Å²) in [5, 5.41) is 19.9. The van der Waals surface area contributed by atoms with E-state index < -0.39 is 11.7 Å². The molecule has 0 aliphatic rings. The summed E-state index contributed by atoms with van der Waals surface area (Å²) in [5.74, 6) is 0.836. The summed E-state index contributed by atoms with van der Waals surface area (Å²) in [6.07, 6.45) is 4.83. The third-order valence-electron chi connectivity index (χ3n) is 3.08. The maximum absolute atomic E-state index is 9.94. The Morgan fingerprint density at radius 3 is 2.75 bits per heavy atom. The maximum atomic E-state index is 9.94. The predicted molar refractivity (Wildman–Crippen MR) is 63.1 cm³/mol. The second-order valence-corrected chi connectivity index (χ2v) is 4.47. The van der Waals surface area contributed by atoms with Crippen molar-refractivity contribution in [3.63, 3.8) is 0 Å². The van der Waals surface area contributed by atoms with Crippen molar-refractivity contribution < 1.29 is 10.2 Å². The van der Waals surface area contributed by atoms with Gasteiger partial charge in [0.2, 0.25) is 0 Å². The van der Waals surface area contributed by atoms with E-state index in [1.54, 1.807) is 13.1 Å². The van der Waals surface area contributed by atoms with Crippen molar-refractivity contribution in [3.05, 3.63) is 18.2 Å². The molecule has 0 radical (unpaired) electrons. The first-order valence-electron chi connectivity index (χ1n) is 5.91. The predicted octanol–water partition coefficient (Wildman–Crippen LogP) is 1.36. The van der Waals surface area contributed by atoms with Gasteiger partial charge in [0.1, 0.15) is 5.82 Å². The van der Waals surface area contributed by atoms with E-state index in [1.165, 1.54) is 0 Å². The molecule has 1 aromatic rings. The standard InChI is InChI=1S/C12H22N2O2/c1-4-7-14-8-6-13-11(14)9-10(15)12(3,16)5-2/h6,8,10,15-16H,4-5,7,9H2,1-3H3. The normalized spacial score (nSPS) is 17.1. The van der Waals surface area contributed by atoms with E-state index in [4.69, 9.17) is 0 Å². The molecule has 1 rings (SSSR count). The number of rotatable bonds is 6. The molecule has 92 valence electrons. The Hall–Kier alpha value is -0.870. The lowest BCUT2D eigenvalue weighted by Gasteiger charge is -2.27. The Kier molecular flexibility index (Phi) is 4.50. The fraction of sp³-hybridized carbons (Fsp3) is 0.750. The Labute approximate surface area is 96.9 Å². The van der Waals surface area contributed by atoms with Crippen LogP contribution in [0.4, 0.5) is 0 Å². The number of imidazole rings is 1. The van der Waals surface area contributed by atoms with Crippen LogP contribution in [0.15, 0.2) is 12.4 Å². The summed E-state index contributed by atoms with van der Waals surface area (Å²) in [6.45, 7) is 6.52.